The van der Waals surface area contributed by atoms with Gasteiger partial charge < -0.3 is 5.73 Å². The van der Waals surface area contributed by atoms with E-state index in [-0.39, 0.29) is 12.5 Å². The molecule has 2 N–H and O–H groups in total. The van der Waals surface area contributed by atoms with Crippen molar-refractivity contribution in [2.75, 3.05) is 6.54 Å². The van der Waals surface area contributed by atoms with Gasteiger partial charge in [0.15, 0.2) is 0 Å². The van der Waals surface area contributed by atoms with Crippen molar-refractivity contribution in [2.45, 2.75) is 24.9 Å². The van der Waals surface area contributed by atoms with Gasteiger partial charge in [-0.25, -0.2) is 4.39 Å². The van der Waals surface area contributed by atoms with E-state index < -0.39 is 5.67 Å². The molecule has 0 amide bonds. The highest BCUT2D eigenvalue weighted by atomic mass is 19.1. The third kappa shape index (κ3) is 1.37. The predicted octanol–water partition coefficient (Wildman–Crippen LogP) is 1.64. The first-order chi connectivity index (χ1) is 4.73. The summed E-state index contributed by atoms with van der Waals surface area (Å²) >= 11 is 0. The molecule has 1 saturated carbocycles. The van der Waals surface area contributed by atoms with Crippen LogP contribution in [0.25, 0.3) is 0 Å². The summed E-state index contributed by atoms with van der Waals surface area (Å²) in [4.78, 5) is 0. The first-order valence-electron chi connectivity index (χ1n) is 3.73. The quantitative estimate of drug-likeness (QED) is 0.595. The molecular weight excluding hydrogens is 129 g/mol. The van der Waals surface area contributed by atoms with Crippen molar-refractivity contribution in [1.29, 1.82) is 0 Å². The Labute approximate surface area is 61.1 Å². The number of nitrogens with two attached hydrogens (primary N) is 1. The zero-order chi connectivity index (χ0) is 7.61. The molecule has 10 heavy (non-hydrogen) atoms. The Balaban J connectivity index is 2.46. The van der Waals surface area contributed by atoms with Gasteiger partial charge in [-0.3, -0.25) is 0 Å². The smallest absolute Gasteiger partial charge is 0.129 e. The summed E-state index contributed by atoms with van der Waals surface area (Å²) < 4.78 is 13.5. The highest BCUT2D eigenvalue weighted by Crippen LogP contribution is 2.43. The van der Waals surface area contributed by atoms with Crippen LogP contribution >= 0.6 is 0 Å². The van der Waals surface area contributed by atoms with Gasteiger partial charge in [0.2, 0.25) is 0 Å². The molecule has 0 heterocycles. The monoisotopic (exact) mass is 143 g/mol. The number of allylic oxidation sites excluding steroid dienone is 1. The van der Waals surface area contributed by atoms with E-state index in [2.05, 4.69) is 6.58 Å². The first-order valence-corrected chi connectivity index (χ1v) is 3.73. The Bertz CT molecular complexity index is 131. The van der Waals surface area contributed by atoms with Gasteiger partial charge in [-0.1, -0.05) is 6.08 Å². The lowest BCUT2D eigenvalue weighted by molar-refractivity contribution is 0.146. The zero-order valence-electron chi connectivity index (χ0n) is 6.15. The van der Waals surface area contributed by atoms with E-state index in [4.69, 9.17) is 5.73 Å². The Hall–Kier alpha value is -0.370. The number of alkyl halides is 1. The van der Waals surface area contributed by atoms with E-state index in [1.165, 1.54) is 0 Å². The average Bonchev–Trinajstić information content (AvgIpc) is 2.69. The van der Waals surface area contributed by atoms with E-state index in [1.807, 2.05) is 0 Å². The van der Waals surface area contributed by atoms with Crippen LogP contribution in [-0.4, -0.2) is 12.2 Å². The van der Waals surface area contributed by atoms with E-state index in [1.54, 1.807) is 6.08 Å². The summed E-state index contributed by atoms with van der Waals surface area (Å²) in [7, 11) is 0. The van der Waals surface area contributed by atoms with Crippen molar-refractivity contribution in [3.05, 3.63) is 12.7 Å². The molecule has 2 heteroatoms. The molecular formula is C8H14FN. The zero-order valence-corrected chi connectivity index (χ0v) is 6.15. The van der Waals surface area contributed by atoms with Crippen LogP contribution in [0.3, 0.4) is 0 Å². The maximum Gasteiger partial charge on any atom is 0.129 e. The third-order valence-electron chi connectivity index (χ3n) is 2.13. The fraction of sp³-hybridized carbons (Fsp3) is 0.750. The normalized spacial score (nSPS) is 23.8. The molecule has 58 valence electrons. The Morgan fingerprint density at radius 2 is 2.30 bits per heavy atom. The fourth-order valence-electron chi connectivity index (χ4n) is 1.26. The van der Waals surface area contributed by atoms with Crippen molar-refractivity contribution in [3.8, 4) is 0 Å². The van der Waals surface area contributed by atoms with Crippen LogP contribution in [0.15, 0.2) is 12.7 Å². The van der Waals surface area contributed by atoms with Gasteiger partial charge in [-0.15, -0.1) is 6.58 Å². The second-order valence-electron chi connectivity index (χ2n) is 3.01. The van der Waals surface area contributed by atoms with Crippen LogP contribution in [0, 0.1) is 5.92 Å². The Morgan fingerprint density at radius 1 is 1.70 bits per heavy atom. The van der Waals surface area contributed by atoms with Gasteiger partial charge in [0.05, 0.1) is 0 Å². The highest BCUT2D eigenvalue weighted by Gasteiger charge is 2.43. The molecule has 1 aliphatic carbocycles. The van der Waals surface area contributed by atoms with Gasteiger partial charge >= 0.3 is 0 Å². The van der Waals surface area contributed by atoms with Crippen molar-refractivity contribution in [2.24, 2.45) is 11.7 Å². The Kier molecular flexibility index (Phi) is 2.09. The van der Waals surface area contributed by atoms with Crippen LogP contribution in [0.1, 0.15) is 19.3 Å². The summed E-state index contributed by atoms with van der Waals surface area (Å²) in [5.41, 5.74) is 4.17. The number of rotatable bonds is 4. The minimum atomic E-state index is -1.14. The lowest BCUT2D eigenvalue weighted by Gasteiger charge is -2.20. The molecule has 0 saturated heterocycles. The lowest BCUT2D eigenvalue weighted by atomic mass is 9.96. The molecule has 0 aromatic carbocycles. The Morgan fingerprint density at radius 3 is 2.60 bits per heavy atom. The SMILES string of the molecule is C=CCC(F)(CN)C1CC1. The summed E-state index contributed by atoms with van der Waals surface area (Å²) in [6.45, 7) is 3.65. The van der Waals surface area contributed by atoms with Crippen molar-refractivity contribution >= 4 is 0 Å². The number of hydrogen-bond donors (Lipinski definition) is 1. The second kappa shape index (κ2) is 2.70. The summed E-state index contributed by atoms with van der Waals surface area (Å²) in [5, 5.41) is 0. The van der Waals surface area contributed by atoms with Gasteiger partial charge in [0.25, 0.3) is 0 Å². The average molecular weight is 143 g/mol. The molecule has 0 spiro atoms. The van der Waals surface area contributed by atoms with Gasteiger partial charge in [0, 0.05) is 13.0 Å². The standard InChI is InChI=1S/C8H14FN/c1-2-5-8(9,6-10)7-3-4-7/h2,7H,1,3-6,10H2. The molecule has 0 aliphatic heterocycles. The largest absolute Gasteiger partial charge is 0.328 e. The van der Waals surface area contributed by atoms with Crippen LogP contribution in [0.4, 0.5) is 4.39 Å². The van der Waals surface area contributed by atoms with Crippen LogP contribution in [0.2, 0.25) is 0 Å². The molecule has 1 nitrogen and oxygen atoms in total. The number of halogens is 1. The summed E-state index contributed by atoms with van der Waals surface area (Å²) in [5.74, 6) is 0.218. The molecule has 0 aromatic rings. The van der Waals surface area contributed by atoms with E-state index in [0.29, 0.717) is 6.42 Å². The molecule has 1 atom stereocenters. The summed E-state index contributed by atoms with van der Waals surface area (Å²) in [6.07, 6.45) is 4.03. The molecule has 0 aromatic heterocycles. The first kappa shape index (κ1) is 7.73. The third-order valence-corrected chi connectivity index (χ3v) is 2.13. The van der Waals surface area contributed by atoms with E-state index in [0.717, 1.165) is 12.8 Å². The topological polar surface area (TPSA) is 26.0 Å². The maximum atomic E-state index is 13.5. The molecule has 0 radical (unpaired) electrons. The number of hydrogen-bond acceptors (Lipinski definition) is 1. The fourth-order valence-corrected chi connectivity index (χ4v) is 1.26. The van der Waals surface area contributed by atoms with Crippen LogP contribution in [-0.2, 0) is 0 Å². The van der Waals surface area contributed by atoms with Crippen LogP contribution in [0.5, 0.6) is 0 Å². The highest BCUT2D eigenvalue weighted by molar-refractivity contribution is 4.99. The van der Waals surface area contributed by atoms with Crippen molar-refractivity contribution in [1.82, 2.24) is 0 Å². The van der Waals surface area contributed by atoms with Gasteiger partial charge in [-0.2, -0.15) is 0 Å². The maximum absolute atomic E-state index is 13.5. The van der Waals surface area contributed by atoms with Gasteiger partial charge in [0.1, 0.15) is 5.67 Å². The molecule has 1 aliphatic rings. The minimum Gasteiger partial charge on any atom is -0.328 e. The van der Waals surface area contributed by atoms with Crippen molar-refractivity contribution < 1.29 is 4.39 Å². The molecule has 0 bridgehead atoms. The molecule has 1 unspecified atom stereocenters. The van der Waals surface area contributed by atoms with Gasteiger partial charge in [-0.05, 0) is 18.8 Å². The lowest BCUT2D eigenvalue weighted by Crippen LogP contribution is -2.34. The summed E-state index contributed by atoms with van der Waals surface area (Å²) in [6, 6.07) is 0. The van der Waals surface area contributed by atoms with Crippen LogP contribution < -0.4 is 5.73 Å². The van der Waals surface area contributed by atoms with Crippen molar-refractivity contribution in [3.63, 3.8) is 0 Å². The molecule has 1 fully saturated rings. The second-order valence-corrected chi connectivity index (χ2v) is 3.01. The van der Waals surface area contributed by atoms with E-state index in [9.17, 15) is 4.39 Å². The predicted molar refractivity (Wildman–Crippen MR) is 40.4 cm³/mol. The van der Waals surface area contributed by atoms with E-state index >= 15 is 0 Å². The molecule has 1 rings (SSSR count). The minimum absolute atomic E-state index is 0.143.